The molecule has 4 heteroatoms. The maximum Gasteiger partial charge on any atom is 0.234 e. The van der Waals surface area contributed by atoms with E-state index in [-0.39, 0.29) is 11.8 Å². The van der Waals surface area contributed by atoms with Gasteiger partial charge in [0.1, 0.15) is 0 Å². The van der Waals surface area contributed by atoms with E-state index >= 15 is 0 Å². The van der Waals surface area contributed by atoms with E-state index < -0.39 is 0 Å². The van der Waals surface area contributed by atoms with Crippen LogP contribution in [0.3, 0.4) is 0 Å². The van der Waals surface area contributed by atoms with E-state index in [1.165, 1.54) is 0 Å². The van der Waals surface area contributed by atoms with Crippen molar-refractivity contribution in [3.8, 4) is 0 Å². The van der Waals surface area contributed by atoms with Gasteiger partial charge < -0.3 is 9.47 Å². The summed E-state index contributed by atoms with van der Waals surface area (Å²) >= 11 is 6.20. The average Bonchev–Trinajstić information content (AvgIpc) is 3.26. The third kappa shape index (κ3) is 5.98. The van der Waals surface area contributed by atoms with Crippen molar-refractivity contribution >= 4 is 17.5 Å². The summed E-state index contributed by atoms with van der Waals surface area (Å²) in [6, 6.07) is 32.2. The minimum Gasteiger partial charge on any atom is -0.345 e. The SMILES string of the molecule is CC(C)CN(Cc1cccn1Cc1cccc(Cl)c1)C(=O)C(c1ccccc1)c1ccccc1. The van der Waals surface area contributed by atoms with Gasteiger partial charge in [0.15, 0.2) is 0 Å². The molecule has 0 saturated carbocycles. The Bertz CT molecular complexity index is 1160. The molecule has 0 spiro atoms. The predicted octanol–water partition coefficient (Wildman–Crippen LogP) is 7.01. The van der Waals surface area contributed by atoms with E-state index in [1.54, 1.807) is 0 Å². The van der Waals surface area contributed by atoms with Crippen molar-refractivity contribution in [2.75, 3.05) is 6.54 Å². The topological polar surface area (TPSA) is 25.2 Å². The predicted molar refractivity (Wildman–Crippen MR) is 140 cm³/mol. The van der Waals surface area contributed by atoms with Gasteiger partial charge in [0.05, 0.1) is 12.5 Å². The largest absolute Gasteiger partial charge is 0.345 e. The van der Waals surface area contributed by atoms with Crippen LogP contribution in [-0.2, 0) is 17.9 Å². The molecule has 4 rings (SSSR count). The molecule has 1 amide bonds. The number of nitrogens with zero attached hydrogens (tertiary/aromatic N) is 2. The van der Waals surface area contributed by atoms with Crippen molar-refractivity contribution in [3.05, 3.63) is 131 Å². The van der Waals surface area contributed by atoms with Gasteiger partial charge in [0.25, 0.3) is 0 Å². The third-order valence-corrected chi connectivity index (χ3v) is 6.16. The van der Waals surface area contributed by atoms with E-state index in [0.717, 1.165) is 27.4 Å². The first-order chi connectivity index (χ1) is 16.5. The normalized spacial score (nSPS) is 11.2. The number of hydrogen-bond donors (Lipinski definition) is 0. The number of carbonyl (C=O) groups excluding carboxylic acids is 1. The highest BCUT2D eigenvalue weighted by Crippen LogP contribution is 2.28. The van der Waals surface area contributed by atoms with Crippen LogP contribution in [-0.4, -0.2) is 21.9 Å². The number of hydrogen-bond acceptors (Lipinski definition) is 1. The van der Waals surface area contributed by atoms with Crippen LogP contribution in [0.4, 0.5) is 0 Å². The molecular formula is C30H31ClN2O. The fourth-order valence-corrected chi connectivity index (χ4v) is 4.61. The van der Waals surface area contributed by atoms with E-state index in [1.807, 2.05) is 89.8 Å². The lowest BCUT2D eigenvalue weighted by atomic mass is 9.89. The maximum atomic E-state index is 14.1. The Balaban J connectivity index is 1.64. The number of carbonyl (C=O) groups is 1. The Kier molecular flexibility index (Phi) is 7.87. The van der Waals surface area contributed by atoms with Crippen LogP contribution in [0.2, 0.25) is 5.02 Å². The van der Waals surface area contributed by atoms with Gasteiger partial charge in [-0.15, -0.1) is 0 Å². The van der Waals surface area contributed by atoms with E-state index in [2.05, 4.69) is 36.7 Å². The number of rotatable bonds is 9. The molecule has 0 aliphatic rings. The molecule has 3 nitrogen and oxygen atoms in total. The second-order valence-electron chi connectivity index (χ2n) is 9.12. The van der Waals surface area contributed by atoms with Gasteiger partial charge in [-0.3, -0.25) is 4.79 Å². The van der Waals surface area contributed by atoms with Gasteiger partial charge in [0, 0.05) is 30.0 Å². The van der Waals surface area contributed by atoms with E-state index in [0.29, 0.717) is 25.6 Å². The van der Waals surface area contributed by atoms with Crippen molar-refractivity contribution < 1.29 is 4.79 Å². The lowest BCUT2D eigenvalue weighted by Gasteiger charge is -2.30. The molecule has 0 bridgehead atoms. The lowest BCUT2D eigenvalue weighted by molar-refractivity contribution is -0.133. The fourth-order valence-electron chi connectivity index (χ4n) is 4.40. The van der Waals surface area contributed by atoms with Crippen molar-refractivity contribution in [1.29, 1.82) is 0 Å². The van der Waals surface area contributed by atoms with Crippen molar-refractivity contribution in [1.82, 2.24) is 9.47 Å². The van der Waals surface area contributed by atoms with Gasteiger partial charge >= 0.3 is 0 Å². The average molecular weight is 471 g/mol. The minimum absolute atomic E-state index is 0.126. The molecule has 0 aliphatic heterocycles. The highest BCUT2D eigenvalue weighted by Gasteiger charge is 2.28. The Hall–Kier alpha value is -3.30. The third-order valence-electron chi connectivity index (χ3n) is 5.93. The Morgan fingerprint density at radius 1 is 0.853 bits per heavy atom. The molecule has 0 N–H and O–H groups in total. The van der Waals surface area contributed by atoms with Gasteiger partial charge in [-0.1, -0.05) is 98.2 Å². The molecule has 0 saturated heterocycles. The van der Waals surface area contributed by atoms with Crippen LogP contribution in [0.1, 0.15) is 42.1 Å². The van der Waals surface area contributed by atoms with Crippen LogP contribution in [0, 0.1) is 5.92 Å². The number of benzene rings is 3. The first kappa shape index (κ1) is 23.8. The highest BCUT2D eigenvalue weighted by molar-refractivity contribution is 6.30. The van der Waals surface area contributed by atoms with Crippen LogP contribution < -0.4 is 0 Å². The Morgan fingerprint density at radius 3 is 2.09 bits per heavy atom. The smallest absolute Gasteiger partial charge is 0.234 e. The highest BCUT2D eigenvalue weighted by atomic mass is 35.5. The zero-order chi connectivity index (χ0) is 23.9. The summed E-state index contributed by atoms with van der Waals surface area (Å²) in [4.78, 5) is 16.1. The zero-order valence-corrected chi connectivity index (χ0v) is 20.5. The lowest BCUT2D eigenvalue weighted by Crippen LogP contribution is -2.38. The molecule has 34 heavy (non-hydrogen) atoms. The molecular weight excluding hydrogens is 440 g/mol. The van der Waals surface area contributed by atoms with Gasteiger partial charge in [-0.2, -0.15) is 0 Å². The summed E-state index contributed by atoms with van der Waals surface area (Å²) in [6.45, 7) is 6.28. The molecule has 0 aliphatic carbocycles. The fraction of sp³-hybridized carbons (Fsp3) is 0.233. The molecule has 4 aromatic rings. The Morgan fingerprint density at radius 2 is 1.50 bits per heavy atom. The maximum absolute atomic E-state index is 14.1. The van der Waals surface area contributed by atoms with Crippen molar-refractivity contribution in [3.63, 3.8) is 0 Å². The second-order valence-corrected chi connectivity index (χ2v) is 9.56. The molecule has 3 aromatic carbocycles. The molecule has 1 aromatic heterocycles. The monoisotopic (exact) mass is 470 g/mol. The molecule has 0 radical (unpaired) electrons. The minimum atomic E-state index is -0.336. The van der Waals surface area contributed by atoms with Crippen LogP contribution in [0.25, 0.3) is 0 Å². The molecule has 0 atom stereocenters. The quantitative estimate of drug-likeness (QED) is 0.258. The van der Waals surface area contributed by atoms with E-state index in [9.17, 15) is 4.79 Å². The van der Waals surface area contributed by atoms with Gasteiger partial charge in [-0.05, 0) is 46.9 Å². The summed E-state index contributed by atoms with van der Waals surface area (Å²) < 4.78 is 2.20. The zero-order valence-electron chi connectivity index (χ0n) is 19.8. The second kappa shape index (κ2) is 11.2. The van der Waals surface area contributed by atoms with E-state index in [4.69, 9.17) is 11.6 Å². The van der Waals surface area contributed by atoms with Gasteiger partial charge in [-0.25, -0.2) is 0 Å². The first-order valence-corrected chi connectivity index (χ1v) is 12.2. The number of amides is 1. The first-order valence-electron chi connectivity index (χ1n) is 11.8. The molecule has 0 fully saturated rings. The van der Waals surface area contributed by atoms with Crippen molar-refractivity contribution in [2.24, 2.45) is 5.92 Å². The molecule has 0 unspecified atom stereocenters. The summed E-state index contributed by atoms with van der Waals surface area (Å²) in [5, 5.41) is 0.733. The van der Waals surface area contributed by atoms with Crippen LogP contribution >= 0.6 is 11.6 Å². The van der Waals surface area contributed by atoms with Crippen molar-refractivity contribution in [2.45, 2.75) is 32.9 Å². The van der Waals surface area contributed by atoms with Crippen LogP contribution in [0.15, 0.2) is 103 Å². The van der Waals surface area contributed by atoms with Gasteiger partial charge in [0.2, 0.25) is 5.91 Å². The number of aromatic nitrogens is 1. The standard InChI is InChI=1S/C30H31ClN2O/c1-23(2)20-33(22-28-17-10-18-32(28)21-24-11-9-16-27(31)19-24)30(34)29(25-12-5-3-6-13-25)26-14-7-4-8-15-26/h3-19,23,29H,20-22H2,1-2H3. The molecule has 1 heterocycles. The summed E-state index contributed by atoms with van der Waals surface area (Å²) in [5.41, 5.74) is 4.27. The molecule has 174 valence electrons. The number of halogens is 1. The summed E-state index contributed by atoms with van der Waals surface area (Å²) in [5.74, 6) is 0.145. The summed E-state index contributed by atoms with van der Waals surface area (Å²) in [7, 11) is 0. The Labute approximate surface area is 207 Å². The summed E-state index contributed by atoms with van der Waals surface area (Å²) in [6.07, 6.45) is 2.07. The van der Waals surface area contributed by atoms with Crippen LogP contribution in [0.5, 0.6) is 0 Å².